The van der Waals surface area contributed by atoms with Gasteiger partial charge in [-0.25, -0.2) is 0 Å². The molecule has 0 radical (unpaired) electrons. The van der Waals surface area contributed by atoms with Gasteiger partial charge >= 0.3 is 0 Å². The number of aliphatic hydroxyl groups is 1. The van der Waals surface area contributed by atoms with Gasteiger partial charge in [-0.1, -0.05) is 63.6 Å². The highest BCUT2D eigenvalue weighted by atomic mass is 35.5. The second kappa shape index (κ2) is 11.5. The molecule has 1 aliphatic rings. The van der Waals surface area contributed by atoms with Gasteiger partial charge in [0.1, 0.15) is 11.5 Å². The molecule has 3 rings (SSSR count). The summed E-state index contributed by atoms with van der Waals surface area (Å²) < 4.78 is 5.79. The van der Waals surface area contributed by atoms with E-state index >= 15 is 0 Å². The van der Waals surface area contributed by atoms with Gasteiger partial charge in [0, 0.05) is 23.7 Å². The number of hydrogen-bond acceptors (Lipinski definition) is 5. The van der Waals surface area contributed by atoms with E-state index in [4.69, 9.17) is 16.3 Å². The standard InChI is InChI=1S/C27H33ClN2O4/c1-5-29(6-2)14-15-30-24(19-10-12-21(28)13-11-19)23(26(32)27(30)33)25(31)20-8-7-9-22(16-20)34-17-18(3)4/h7-13,16,18,24,31H,5-6,14-15,17H2,1-4H3/b25-23-. The fraction of sp³-hybridized carbons (Fsp3) is 0.407. The number of benzene rings is 2. The maximum atomic E-state index is 13.2. The highest BCUT2D eigenvalue weighted by Crippen LogP contribution is 2.40. The molecule has 2 aromatic carbocycles. The van der Waals surface area contributed by atoms with Crippen LogP contribution in [0.5, 0.6) is 5.75 Å². The van der Waals surface area contributed by atoms with E-state index in [9.17, 15) is 14.7 Å². The number of hydrogen-bond donors (Lipinski definition) is 1. The topological polar surface area (TPSA) is 70.1 Å². The van der Waals surface area contributed by atoms with Crippen LogP contribution < -0.4 is 4.74 Å². The average Bonchev–Trinajstić information content (AvgIpc) is 3.08. The number of amides is 1. The summed E-state index contributed by atoms with van der Waals surface area (Å²) >= 11 is 6.09. The summed E-state index contributed by atoms with van der Waals surface area (Å²) in [5.41, 5.74) is 1.23. The molecule has 0 saturated carbocycles. The van der Waals surface area contributed by atoms with E-state index in [1.807, 2.05) is 0 Å². The molecular weight excluding hydrogens is 452 g/mol. The molecule has 7 heteroatoms. The van der Waals surface area contributed by atoms with Gasteiger partial charge in [-0.15, -0.1) is 0 Å². The maximum absolute atomic E-state index is 13.2. The molecule has 1 aliphatic heterocycles. The Morgan fingerprint density at radius 2 is 1.79 bits per heavy atom. The Morgan fingerprint density at radius 1 is 1.12 bits per heavy atom. The first kappa shape index (κ1) is 25.8. The largest absolute Gasteiger partial charge is 0.507 e. The Kier molecular flexibility index (Phi) is 8.75. The van der Waals surface area contributed by atoms with Crippen molar-refractivity contribution in [1.82, 2.24) is 9.80 Å². The third kappa shape index (κ3) is 5.80. The number of aliphatic hydroxyl groups excluding tert-OH is 1. The van der Waals surface area contributed by atoms with Crippen molar-refractivity contribution in [3.8, 4) is 5.75 Å². The molecule has 182 valence electrons. The summed E-state index contributed by atoms with van der Waals surface area (Å²) in [7, 11) is 0. The Morgan fingerprint density at radius 3 is 2.41 bits per heavy atom. The molecule has 1 heterocycles. The molecule has 1 atom stereocenters. The van der Waals surface area contributed by atoms with Crippen molar-refractivity contribution in [3.63, 3.8) is 0 Å². The SMILES string of the molecule is CCN(CC)CCN1C(=O)C(=O)/C(=C(\O)c2cccc(OCC(C)C)c2)C1c1ccc(Cl)cc1. The molecule has 1 N–H and O–H groups in total. The van der Waals surface area contributed by atoms with Crippen LogP contribution >= 0.6 is 11.6 Å². The van der Waals surface area contributed by atoms with E-state index in [0.29, 0.717) is 41.9 Å². The molecule has 0 bridgehead atoms. The number of halogens is 1. The summed E-state index contributed by atoms with van der Waals surface area (Å²) in [5, 5.41) is 11.8. The Hall–Kier alpha value is -2.83. The monoisotopic (exact) mass is 484 g/mol. The number of rotatable bonds is 10. The van der Waals surface area contributed by atoms with Gasteiger partial charge in [0.15, 0.2) is 0 Å². The Balaban J connectivity index is 2.05. The predicted molar refractivity (Wildman–Crippen MR) is 135 cm³/mol. The lowest BCUT2D eigenvalue weighted by molar-refractivity contribution is -0.140. The summed E-state index contributed by atoms with van der Waals surface area (Å²) in [4.78, 5) is 30.0. The van der Waals surface area contributed by atoms with Crippen LogP contribution in [0.3, 0.4) is 0 Å². The number of carbonyl (C=O) groups is 2. The Bertz CT molecular complexity index is 1040. The quantitative estimate of drug-likeness (QED) is 0.287. The molecule has 1 saturated heterocycles. The van der Waals surface area contributed by atoms with Crippen LogP contribution in [0.15, 0.2) is 54.1 Å². The van der Waals surface area contributed by atoms with Crippen molar-refractivity contribution < 1.29 is 19.4 Å². The first-order chi connectivity index (χ1) is 16.3. The van der Waals surface area contributed by atoms with Gasteiger partial charge < -0.3 is 19.6 Å². The van der Waals surface area contributed by atoms with Crippen LogP contribution in [0, 0.1) is 5.92 Å². The Labute approximate surface area is 206 Å². The molecule has 34 heavy (non-hydrogen) atoms. The molecule has 0 aliphatic carbocycles. The zero-order chi connectivity index (χ0) is 24.8. The van der Waals surface area contributed by atoms with E-state index in [0.717, 1.165) is 18.7 Å². The first-order valence-electron chi connectivity index (χ1n) is 11.8. The van der Waals surface area contributed by atoms with Crippen LogP contribution in [0.25, 0.3) is 5.76 Å². The summed E-state index contributed by atoms with van der Waals surface area (Å²) in [6, 6.07) is 13.3. The predicted octanol–water partition coefficient (Wildman–Crippen LogP) is 5.14. The molecule has 6 nitrogen and oxygen atoms in total. The van der Waals surface area contributed by atoms with Crippen LogP contribution in [0.2, 0.25) is 5.02 Å². The van der Waals surface area contributed by atoms with Gasteiger partial charge in [0.05, 0.1) is 18.2 Å². The van der Waals surface area contributed by atoms with Crippen LogP contribution in [0.4, 0.5) is 0 Å². The zero-order valence-corrected chi connectivity index (χ0v) is 21.0. The minimum Gasteiger partial charge on any atom is -0.507 e. The van der Waals surface area contributed by atoms with E-state index in [1.54, 1.807) is 53.4 Å². The number of carbonyl (C=O) groups excluding carboxylic acids is 2. The lowest BCUT2D eigenvalue weighted by atomic mass is 9.95. The second-order valence-electron chi connectivity index (χ2n) is 8.80. The van der Waals surface area contributed by atoms with E-state index in [2.05, 4.69) is 32.6 Å². The molecule has 1 amide bonds. The van der Waals surface area contributed by atoms with Crippen LogP contribution in [-0.2, 0) is 9.59 Å². The van der Waals surface area contributed by atoms with Gasteiger partial charge in [-0.2, -0.15) is 0 Å². The van der Waals surface area contributed by atoms with E-state index in [1.165, 1.54) is 0 Å². The summed E-state index contributed by atoms with van der Waals surface area (Å²) in [5.74, 6) is -0.570. The summed E-state index contributed by atoms with van der Waals surface area (Å²) in [6.07, 6.45) is 0. The average molecular weight is 485 g/mol. The molecule has 1 unspecified atom stereocenters. The van der Waals surface area contributed by atoms with Crippen molar-refractivity contribution in [2.45, 2.75) is 33.7 Å². The third-order valence-corrected chi connectivity index (χ3v) is 6.22. The lowest BCUT2D eigenvalue weighted by Gasteiger charge is -2.28. The van der Waals surface area contributed by atoms with Crippen LogP contribution in [-0.4, -0.2) is 59.4 Å². The fourth-order valence-corrected chi connectivity index (χ4v) is 4.17. The van der Waals surface area contributed by atoms with Crippen molar-refractivity contribution >= 4 is 29.1 Å². The molecule has 0 aromatic heterocycles. The molecular formula is C27H33ClN2O4. The smallest absolute Gasteiger partial charge is 0.295 e. The van der Waals surface area contributed by atoms with Gasteiger partial charge in [0.2, 0.25) is 0 Å². The van der Waals surface area contributed by atoms with Crippen molar-refractivity contribution in [2.75, 3.05) is 32.8 Å². The van der Waals surface area contributed by atoms with E-state index < -0.39 is 17.7 Å². The number of likely N-dealkylation sites (N-methyl/N-ethyl adjacent to an activating group) is 1. The zero-order valence-electron chi connectivity index (χ0n) is 20.3. The number of ether oxygens (including phenoxy) is 1. The van der Waals surface area contributed by atoms with Gasteiger partial charge in [-0.3, -0.25) is 9.59 Å². The maximum Gasteiger partial charge on any atom is 0.295 e. The fourth-order valence-electron chi connectivity index (χ4n) is 4.04. The number of Topliss-reactive ketones (excluding diaryl/α,β-unsaturated/α-hetero) is 1. The normalized spacial score (nSPS) is 17.7. The number of likely N-dealkylation sites (tertiary alicyclic amines) is 1. The lowest BCUT2D eigenvalue weighted by Crippen LogP contribution is -2.38. The second-order valence-corrected chi connectivity index (χ2v) is 9.24. The van der Waals surface area contributed by atoms with Crippen molar-refractivity contribution in [2.24, 2.45) is 5.92 Å². The summed E-state index contributed by atoms with van der Waals surface area (Å²) in [6.45, 7) is 11.4. The van der Waals surface area contributed by atoms with Crippen molar-refractivity contribution in [3.05, 3.63) is 70.3 Å². The minimum absolute atomic E-state index is 0.0767. The highest BCUT2D eigenvalue weighted by molar-refractivity contribution is 6.46. The molecule has 1 fully saturated rings. The van der Waals surface area contributed by atoms with Gasteiger partial charge in [-0.05, 0) is 48.8 Å². The molecule has 2 aromatic rings. The van der Waals surface area contributed by atoms with Crippen molar-refractivity contribution in [1.29, 1.82) is 0 Å². The van der Waals surface area contributed by atoms with Crippen LogP contribution in [0.1, 0.15) is 44.9 Å². The molecule has 0 spiro atoms. The third-order valence-electron chi connectivity index (χ3n) is 5.97. The highest BCUT2D eigenvalue weighted by Gasteiger charge is 2.46. The minimum atomic E-state index is -0.701. The van der Waals surface area contributed by atoms with Gasteiger partial charge in [0.25, 0.3) is 11.7 Å². The number of ketones is 1. The van der Waals surface area contributed by atoms with E-state index in [-0.39, 0.29) is 11.3 Å². The number of nitrogens with zero attached hydrogens (tertiary/aromatic N) is 2. The first-order valence-corrected chi connectivity index (χ1v) is 12.1.